The van der Waals surface area contributed by atoms with Crippen molar-refractivity contribution in [1.29, 1.82) is 0 Å². The van der Waals surface area contributed by atoms with Gasteiger partial charge in [0.15, 0.2) is 5.13 Å². The second-order valence-electron chi connectivity index (χ2n) is 7.43. The summed E-state index contributed by atoms with van der Waals surface area (Å²) in [6, 6.07) is 12.5. The summed E-state index contributed by atoms with van der Waals surface area (Å²) in [7, 11) is 0. The lowest BCUT2D eigenvalue weighted by atomic mass is 10.2. The summed E-state index contributed by atoms with van der Waals surface area (Å²) in [5.74, 6) is -0.831. The highest BCUT2D eigenvalue weighted by Gasteiger charge is 2.13. The molecule has 33 heavy (non-hydrogen) atoms. The quantitative estimate of drug-likeness (QED) is 0.367. The summed E-state index contributed by atoms with van der Waals surface area (Å²) in [5.41, 5.74) is 4.73. The molecule has 164 valence electrons. The van der Waals surface area contributed by atoms with Crippen molar-refractivity contribution in [2.45, 2.75) is 13.5 Å². The van der Waals surface area contributed by atoms with Crippen LogP contribution in [0.2, 0.25) is 0 Å². The number of rotatable bonds is 6. The third-order valence-electron chi connectivity index (χ3n) is 5.09. The third-order valence-corrected chi connectivity index (χ3v) is 5.86. The maximum atomic E-state index is 13.4. The Hall–Kier alpha value is -4.11. The maximum Gasteiger partial charge on any atom is 0.274 e. The number of hydrogen-bond donors (Lipinski definition) is 1. The van der Waals surface area contributed by atoms with Crippen molar-refractivity contribution in [2.24, 2.45) is 0 Å². The Morgan fingerprint density at radius 1 is 1.15 bits per heavy atom. The minimum atomic E-state index is -0.548. The summed E-state index contributed by atoms with van der Waals surface area (Å²) < 4.78 is 17.2. The number of aromatic nitrogens is 5. The maximum absolute atomic E-state index is 13.4. The zero-order chi connectivity index (χ0) is 22.8. The van der Waals surface area contributed by atoms with Gasteiger partial charge in [-0.05, 0) is 61.0 Å². The summed E-state index contributed by atoms with van der Waals surface area (Å²) in [4.78, 5) is 25.4. The topological polar surface area (TPSA) is 77.1 Å². The number of nitrogens with one attached hydrogen (secondary N) is 1. The molecule has 0 aromatic carbocycles. The fraction of sp³-hybridized carbons (Fsp3) is 0.0833. The van der Waals surface area contributed by atoms with Gasteiger partial charge in [-0.1, -0.05) is 6.07 Å². The number of carbonyl (C=O) groups is 1. The lowest BCUT2D eigenvalue weighted by molar-refractivity contribution is 0.101. The largest absolute Gasteiger partial charge is 0.339 e. The molecule has 5 heterocycles. The number of anilines is 1. The van der Waals surface area contributed by atoms with Crippen molar-refractivity contribution in [2.75, 3.05) is 5.32 Å². The first-order chi connectivity index (χ1) is 16.0. The van der Waals surface area contributed by atoms with Crippen molar-refractivity contribution in [3.05, 3.63) is 101 Å². The van der Waals surface area contributed by atoms with Gasteiger partial charge < -0.3 is 8.97 Å². The molecule has 1 amide bonds. The number of thiazole rings is 1. The monoisotopic (exact) mass is 458 g/mol. The standard InChI is InChI=1S/C24H19FN6OS/c1-16-4-2-6-22-27-18(14-31(16)22)7-8-19-15-33-24(28-19)29-23(32)20-5-3-11-30(20)13-17-9-10-26-21(25)12-17/h2-12,14-15H,13H2,1H3,(H,28,29,32)/b8-7+. The number of halogens is 1. The molecule has 9 heteroatoms. The molecule has 0 saturated heterocycles. The van der Waals surface area contributed by atoms with Gasteiger partial charge in [0.2, 0.25) is 5.95 Å². The van der Waals surface area contributed by atoms with Crippen LogP contribution in [0, 0.1) is 12.9 Å². The lowest BCUT2D eigenvalue weighted by Crippen LogP contribution is -2.17. The SMILES string of the molecule is Cc1cccc2nc(/C=C/c3csc(NC(=O)c4cccn4Cc4ccnc(F)c4)n3)cn12. The minimum Gasteiger partial charge on any atom is -0.339 e. The van der Waals surface area contributed by atoms with Crippen LogP contribution < -0.4 is 5.32 Å². The minimum absolute atomic E-state index is 0.282. The average molecular weight is 459 g/mol. The van der Waals surface area contributed by atoms with Crippen LogP contribution in [0.15, 0.2) is 66.4 Å². The van der Waals surface area contributed by atoms with Crippen LogP contribution in [0.4, 0.5) is 9.52 Å². The summed E-state index contributed by atoms with van der Waals surface area (Å²) in [6.45, 7) is 2.39. The van der Waals surface area contributed by atoms with E-state index in [0.29, 0.717) is 17.4 Å². The van der Waals surface area contributed by atoms with Crippen LogP contribution in [-0.2, 0) is 6.54 Å². The Kier molecular flexibility index (Phi) is 5.54. The highest BCUT2D eigenvalue weighted by Crippen LogP contribution is 2.19. The predicted octanol–water partition coefficient (Wildman–Crippen LogP) is 4.91. The molecule has 0 fully saturated rings. The van der Waals surface area contributed by atoms with Crippen molar-refractivity contribution in [1.82, 2.24) is 23.9 Å². The first-order valence-electron chi connectivity index (χ1n) is 10.2. The molecule has 1 N–H and O–H groups in total. The van der Waals surface area contributed by atoms with E-state index in [0.717, 1.165) is 28.3 Å². The molecule has 5 aromatic rings. The van der Waals surface area contributed by atoms with Crippen LogP contribution in [0.25, 0.3) is 17.8 Å². The Labute approximate surface area is 192 Å². The van der Waals surface area contributed by atoms with Crippen LogP contribution in [0.1, 0.15) is 33.1 Å². The summed E-state index contributed by atoms with van der Waals surface area (Å²) >= 11 is 1.34. The van der Waals surface area contributed by atoms with E-state index in [1.54, 1.807) is 29.0 Å². The predicted molar refractivity (Wildman–Crippen MR) is 127 cm³/mol. The first-order valence-corrected chi connectivity index (χ1v) is 11.1. The van der Waals surface area contributed by atoms with E-state index < -0.39 is 5.95 Å². The second kappa shape index (κ2) is 8.79. The number of fused-ring (bicyclic) bond motifs is 1. The zero-order valence-corrected chi connectivity index (χ0v) is 18.5. The van der Waals surface area contributed by atoms with E-state index in [-0.39, 0.29) is 5.91 Å². The van der Waals surface area contributed by atoms with Crippen LogP contribution in [0.5, 0.6) is 0 Å². The number of carbonyl (C=O) groups excluding carboxylic acids is 1. The van der Waals surface area contributed by atoms with Gasteiger partial charge in [-0.15, -0.1) is 11.3 Å². The van der Waals surface area contributed by atoms with Crippen molar-refractivity contribution in [3.63, 3.8) is 0 Å². The number of aryl methyl sites for hydroxylation is 1. The van der Waals surface area contributed by atoms with Gasteiger partial charge in [0, 0.05) is 36.2 Å². The molecule has 0 atom stereocenters. The van der Waals surface area contributed by atoms with Crippen molar-refractivity contribution < 1.29 is 9.18 Å². The molecular weight excluding hydrogens is 439 g/mol. The number of hydrogen-bond acceptors (Lipinski definition) is 5. The van der Waals surface area contributed by atoms with E-state index in [1.165, 1.54) is 23.6 Å². The van der Waals surface area contributed by atoms with Crippen LogP contribution in [-0.4, -0.2) is 29.8 Å². The van der Waals surface area contributed by atoms with Crippen LogP contribution in [0.3, 0.4) is 0 Å². The van der Waals surface area contributed by atoms with Gasteiger partial charge in [-0.25, -0.2) is 15.0 Å². The van der Waals surface area contributed by atoms with Gasteiger partial charge in [0.05, 0.1) is 11.4 Å². The molecular formula is C24H19FN6OS. The molecule has 0 aliphatic carbocycles. The van der Waals surface area contributed by atoms with E-state index in [4.69, 9.17) is 0 Å². The summed E-state index contributed by atoms with van der Waals surface area (Å²) in [6.07, 6.45) is 8.92. The second-order valence-corrected chi connectivity index (χ2v) is 8.29. The van der Waals surface area contributed by atoms with Crippen LogP contribution >= 0.6 is 11.3 Å². The average Bonchev–Trinajstić information content (AvgIpc) is 3.52. The van der Waals surface area contributed by atoms with Crippen molar-refractivity contribution >= 4 is 40.2 Å². The molecule has 0 unspecified atom stereocenters. The van der Waals surface area contributed by atoms with Gasteiger partial charge in [-0.3, -0.25) is 10.1 Å². The molecule has 0 saturated carbocycles. The molecule has 0 bridgehead atoms. The smallest absolute Gasteiger partial charge is 0.274 e. The van der Waals surface area contributed by atoms with E-state index in [2.05, 4.69) is 20.3 Å². The number of imidazole rings is 1. The number of pyridine rings is 2. The molecule has 0 spiro atoms. The normalized spacial score (nSPS) is 11.5. The fourth-order valence-corrected chi connectivity index (χ4v) is 4.17. The van der Waals surface area contributed by atoms with E-state index in [1.807, 2.05) is 53.3 Å². The highest BCUT2D eigenvalue weighted by atomic mass is 32.1. The van der Waals surface area contributed by atoms with Gasteiger partial charge >= 0.3 is 0 Å². The number of nitrogens with zero attached hydrogens (tertiary/aromatic N) is 5. The molecule has 0 aliphatic rings. The summed E-state index contributed by atoms with van der Waals surface area (Å²) in [5, 5.41) is 5.20. The fourth-order valence-electron chi connectivity index (χ4n) is 3.50. The lowest BCUT2D eigenvalue weighted by Gasteiger charge is -2.09. The van der Waals surface area contributed by atoms with E-state index in [9.17, 15) is 9.18 Å². The van der Waals surface area contributed by atoms with Gasteiger partial charge in [0.1, 0.15) is 11.3 Å². The Bertz CT molecular complexity index is 1480. The Morgan fingerprint density at radius 3 is 2.88 bits per heavy atom. The van der Waals surface area contributed by atoms with Gasteiger partial charge in [0.25, 0.3) is 5.91 Å². The highest BCUT2D eigenvalue weighted by molar-refractivity contribution is 7.14. The Balaban J connectivity index is 1.27. The molecule has 0 radical (unpaired) electrons. The first kappa shape index (κ1) is 20.8. The van der Waals surface area contributed by atoms with Gasteiger partial charge in [-0.2, -0.15) is 4.39 Å². The molecule has 5 aromatic heterocycles. The molecule has 0 aliphatic heterocycles. The molecule has 5 rings (SSSR count). The zero-order valence-electron chi connectivity index (χ0n) is 17.6. The third kappa shape index (κ3) is 4.58. The van der Waals surface area contributed by atoms with E-state index >= 15 is 0 Å². The Morgan fingerprint density at radius 2 is 2.03 bits per heavy atom. The number of amides is 1. The van der Waals surface area contributed by atoms with Crippen molar-refractivity contribution in [3.8, 4) is 0 Å². The molecule has 7 nitrogen and oxygen atoms in total.